The van der Waals surface area contributed by atoms with Crippen molar-refractivity contribution in [2.24, 2.45) is 0 Å². The van der Waals surface area contributed by atoms with E-state index in [2.05, 4.69) is 10.6 Å². The summed E-state index contributed by atoms with van der Waals surface area (Å²) in [6.45, 7) is 0.691. The van der Waals surface area contributed by atoms with Crippen molar-refractivity contribution in [1.29, 1.82) is 0 Å². The number of carbonyl (C=O) groups is 2. The van der Waals surface area contributed by atoms with E-state index in [1.165, 1.54) is 0 Å². The van der Waals surface area contributed by atoms with Gasteiger partial charge in [-0.05, 0) is 36.4 Å². The minimum absolute atomic E-state index is 0.103. The van der Waals surface area contributed by atoms with Crippen LogP contribution in [0.25, 0.3) is 0 Å². The Labute approximate surface area is 166 Å². The number of halogens is 3. The molecular formula is C20H21F3N2O4. The number of para-hydroxylation sites is 1. The monoisotopic (exact) mass is 410 g/mol. The summed E-state index contributed by atoms with van der Waals surface area (Å²) in [6, 6.07) is 13.1. The quantitative estimate of drug-likeness (QED) is 0.591. The lowest BCUT2D eigenvalue weighted by Gasteiger charge is -2.09. The number of hydrogen-bond donors (Lipinski definition) is 2. The predicted molar refractivity (Wildman–Crippen MR) is 99.5 cm³/mol. The average Bonchev–Trinajstić information content (AvgIpc) is 2.71. The first-order valence-corrected chi connectivity index (χ1v) is 8.84. The Morgan fingerprint density at radius 2 is 1.52 bits per heavy atom. The Hall–Kier alpha value is -3.07. The molecule has 0 heterocycles. The van der Waals surface area contributed by atoms with Gasteiger partial charge in [0.05, 0.1) is 12.2 Å². The molecule has 0 spiro atoms. The fourth-order valence-electron chi connectivity index (χ4n) is 2.24. The van der Waals surface area contributed by atoms with Crippen LogP contribution >= 0.6 is 0 Å². The number of hydrogen-bond acceptors (Lipinski definition) is 4. The fraction of sp³-hybridized carbons (Fsp3) is 0.300. The summed E-state index contributed by atoms with van der Waals surface area (Å²) < 4.78 is 48.1. The van der Waals surface area contributed by atoms with Gasteiger partial charge < -0.3 is 20.1 Å². The third-order valence-electron chi connectivity index (χ3n) is 3.68. The Bertz CT molecular complexity index is 781. The van der Waals surface area contributed by atoms with Gasteiger partial charge in [-0.25, -0.2) is 0 Å². The van der Waals surface area contributed by atoms with Crippen LogP contribution in [0.5, 0.6) is 5.75 Å². The predicted octanol–water partition coefficient (Wildman–Crippen LogP) is 2.65. The standard InChI is InChI=1S/C20H21F3N2O4/c21-20(22,23)16-8-6-15(7-9-16)19(27)25-11-10-24-18(26)14-28-12-13-29-17-4-2-1-3-5-17/h1-9H,10-14H2,(H,24,26)(H,25,27). The van der Waals surface area contributed by atoms with E-state index < -0.39 is 17.6 Å². The van der Waals surface area contributed by atoms with E-state index in [-0.39, 0.29) is 37.8 Å². The summed E-state index contributed by atoms with van der Waals surface area (Å²) in [6.07, 6.45) is -4.45. The molecule has 6 nitrogen and oxygen atoms in total. The zero-order chi connectivity index (χ0) is 21.1. The lowest BCUT2D eigenvalue weighted by molar-refractivity contribution is -0.137. The zero-order valence-corrected chi connectivity index (χ0v) is 15.5. The van der Waals surface area contributed by atoms with E-state index in [1.807, 2.05) is 30.3 Å². The number of carbonyl (C=O) groups excluding carboxylic acids is 2. The van der Waals surface area contributed by atoms with Crippen molar-refractivity contribution in [2.75, 3.05) is 32.9 Å². The molecule has 0 radical (unpaired) electrons. The van der Waals surface area contributed by atoms with Crippen molar-refractivity contribution in [3.8, 4) is 5.75 Å². The zero-order valence-electron chi connectivity index (χ0n) is 15.5. The van der Waals surface area contributed by atoms with Crippen LogP contribution in [0.1, 0.15) is 15.9 Å². The molecule has 0 saturated heterocycles. The highest BCUT2D eigenvalue weighted by Crippen LogP contribution is 2.29. The smallest absolute Gasteiger partial charge is 0.416 e. The van der Waals surface area contributed by atoms with Crippen LogP contribution in [-0.4, -0.2) is 44.7 Å². The maximum absolute atomic E-state index is 12.5. The van der Waals surface area contributed by atoms with Crippen LogP contribution in [-0.2, 0) is 15.7 Å². The van der Waals surface area contributed by atoms with Crippen molar-refractivity contribution in [1.82, 2.24) is 10.6 Å². The minimum atomic E-state index is -4.45. The number of rotatable bonds is 10. The maximum atomic E-state index is 12.5. The number of benzene rings is 2. The van der Waals surface area contributed by atoms with E-state index in [4.69, 9.17) is 9.47 Å². The first kappa shape index (κ1) is 22.2. The van der Waals surface area contributed by atoms with Crippen molar-refractivity contribution in [3.63, 3.8) is 0 Å². The second-order valence-electron chi connectivity index (χ2n) is 5.90. The average molecular weight is 410 g/mol. The molecule has 2 N–H and O–H groups in total. The number of ether oxygens (including phenoxy) is 2. The molecule has 2 aromatic rings. The van der Waals surface area contributed by atoms with E-state index >= 15 is 0 Å². The van der Waals surface area contributed by atoms with Crippen LogP contribution in [0.15, 0.2) is 54.6 Å². The molecule has 9 heteroatoms. The SMILES string of the molecule is O=C(COCCOc1ccccc1)NCCNC(=O)c1ccc(C(F)(F)F)cc1. The Balaban J connectivity index is 1.55. The molecule has 2 amide bonds. The van der Waals surface area contributed by atoms with Crippen molar-refractivity contribution in [2.45, 2.75) is 6.18 Å². The summed E-state index contributed by atoms with van der Waals surface area (Å²) in [4.78, 5) is 23.5. The molecule has 0 unspecified atom stereocenters. The summed E-state index contributed by atoms with van der Waals surface area (Å²) >= 11 is 0. The molecule has 0 fully saturated rings. The van der Waals surface area contributed by atoms with Crippen LogP contribution < -0.4 is 15.4 Å². The van der Waals surface area contributed by atoms with Gasteiger partial charge in [-0.2, -0.15) is 13.2 Å². The summed E-state index contributed by atoms with van der Waals surface area (Å²) in [5, 5.41) is 5.07. The van der Waals surface area contributed by atoms with E-state index in [0.717, 1.165) is 24.3 Å². The highest BCUT2D eigenvalue weighted by atomic mass is 19.4. The Morgan fingerprint density at radius 1 is 0.862 bits per heavy atom. The van der Waals surface area contributed by atoms with Gasteiger partial charge in [-0.1, -0.05) is 18.2 Å². The second-order valence-corrected chi connectivity index (χ2v) is 5.90. The molecule has 0 aromatic heterocycles. The molecule has 0 aliphatic heterocycles. The highest BCUT2D eigenvalue weighted by molar-refractivity contribution is 5.94. The molecule has 0 aliphatic carbocycles. The van der Waals surface area contributed by atoms with Crippen LogP contribution in [0.2, 0.25) is 0 Å². The molecule has 0 bridgehead atoms. The summed E-state index contributed by atoms with van der Waals surface area (Å²) in [5.74, 6) is -0.167. The van der Waals surface area contributed by atoms with Crippen LogP contribution in [0.4, 0.5) is 13.2 Å². The van der Waals surface area contributed by atoms with Gasteiger partial charge in [0.2, 0.25) is 5.91 Å². The lowest BCUT2D eigenvalue weighted by Crippen LogP contribution is -2.36. The molecule has 0 aliphatic rings. The first-order chi connectivity index (χ1) is 13.9. The topological polar surface area (TPSA) is 76.7 Å². The summed E-state index contributed by atoms with van der Waals surface area (Å²) in [5.41, 5.74) is -0.721. The van der Waals surface area contributed by atoms with Gasteiger partial charge in [-0.3, -0.25) is 9.59 Å². The molecule has 0 atom stereocenters. The molecule has 2 rings (SSSR count). The largest absolute Gasteiger partial charge is 0.491 e. The van der Waals surface area contributed by atoms with Crippen LogP contribution in [0.3, 0.4) is 0 Å². The molecule has 0 saturated carbocycles. The van der Waals surface area contributed by atoms with Crippen molar-refractivity contribution < 1.29 is 32.2 Å². The summed E-state index contributed by atoms with van der Waals surface area (Å²) in [7, 11) is 0. The highest BCUT2D eigenvalue weighted by Gasteiger charge is 2.30. The number of amides is 2. The lowest BCUT2D eigenvalue weighted by atomic mass is 10.1. The third-order valence-corrected chi connectivity index (χ3v) is 3.68. The fourth-order valence-corrected chi connectivity index (χ4v) is 2.24. The van der Waals surface area contributed by atoms with Gasteiger partial charge in [0.1, 0.15) is 19.0 Å². The second kappa shape index (κ2) is 11.1. The minimum Gasteiger partial charge on any atom is -0.491 e. The van der Waals surface area contributed by atoms with Crippen molar-refractivity contribution >= 4 is 11.8 Å². The Kier molecular flexibility index (Phi) is 8.47. The maximum Gasteiger partial charge on any atom is 0.416 e. The third kappa shape index (κ3) is 8.22. The van der Waals surface area contributed by atoms with Crippen molar-refractivity contribution in [3.05, 3.63) is 65.7 Å². The van der Waals surface area contributed by atoms with E-state index in [9.17, 15) is 22.8 Å². The molecular weight excluding hydrogens is 389 g/mol. The molecule has 2 aromatic carbocycles. The molecule has 29 heavy (non-hydrogen) atoms. The van der Waals surface area contributed by atoms with E-state index in [0.29, 0.717) is 12.4 Å². The van der Waals surface area contributed by atoms with Gasteiger partial charge in [0, 0.05) is 18.7 Å². The normalized spacial score (nSPS) is 11.0. The van der Waals surface area contributed by atoms with Crippen LogP contribution in [0, 0.1) is 0 Å². The van der Waals surface area contributed by atoms with Gasteiger partial charge in [0.25, 0.3) is 5.91 Å². The van der Waals surface area contributed by atoms with Gasteiger partial charge in [0.15, 0.2) is 0 Å². The van der Waals surface area contributed by atoms with Gasteiger partial charge >= 0.3 is 6.18 Å². The first-order valence-electron chi connectivity index (χ1n) is 8.84. The Morgan fingerprint density at radius 3 is 2.17 bits per heavy atom. The van der Waals surface area contributed by atoms with E-state index in [1.54, 1.807) is 0 Å². The number of alkyl halides is 3. The number of nitrogens with one attached hydrogen (secondary N) is 2. The van der Waals surface area contributed by atoms with Gasteiger partial charge in [-0.15, -0.1) is 0 Å². The molecule has 156 valence electrons.